The second-order valence-corrected chi connectivity index (χ2v) is 8.87. The molecule has 0 bridgehead atoms. The van der Waals surface area contributed by atoms with Crippen molar-refractivity contribution in [2.75, 3.05) is 18.6 Å². The number of aliphatic carboxylic acids is 3. The number of carbonyl (C=O) groups is 6. The fraction of sp³-hybridized carbons (Fsp3) is 0.650. The van der Waals surface area contributed by atoms with Gasteiger partial charge < -0.3 is 48.5 Å². The van der Waals surface area contributed by atoms with Crippen LogP contribution in [0, 0.1) is 0 Å². The molecule has 4 unspecified atom stereocenters. The van der Waals surface area contributed by atoms with E-state index in [-0.39, 0.29) is 38.2 Å². The number of carbonyl (C=O) groups excluding carboxylic acids is 3. The molecule has 0 saturated carbocycles. The third-order valence-corrected chi connectivity index (χ3v) is 5.46. The highest BCUT2D eigenvalue weighted by Crippen LogP contribution is 2.07. The number of rotatable bonds is 19. The molecule has 0 spiro atoms. The highest BCUT2D eigenvalue weighted by molar-refractivity contribution is 7.98. The number of thioether (sulfide) groups is 1. The first-order valence-electron chi connectivity index (χ1n) is 11.2. The predicted molar refractivity (Wildman–Crippen MR) is 133 cm³/mol. The Hall–Kier alpha value is -3.60. The molecule has 0 aliphatic heterocycles. The Balaban J connectivity index is 5.63. The van der Waals surface area contributed by atoms with Crippen molar-refractivity contribution in [3.8, 4) is 0 Å². The van der Waals surface area contributed by atoms with Crippen molar-refractivity contribution in [2.45, 2.75) is 62.7 Å². The zero-order valence-corrected chi connectivity index (χ0v) is 21.2. The molecule has 37 heavy (non-hydrogen) atoms. The number of nitrogens with zero attached hydrogens (tertiary/aromatic N) is 1. The van der Waals surface area contributed by atoms with Gasteiger partial charge in [0, 0.05) is 13.0 Å². The van der Waals surface area contributed by atoms with E-state index in [0.717, 1.165) is 0 Å². The number of guanidine groups is 1. The minimum Gasteiger partial charge on any atom is -0.481 e. The Labute approximate surface area is 217 Å². The van der Waals surface area contributed by atoms with Gasteiger partial charge in [0.25, 0.3) is 0 Å². The van der Waals surface area contributed by atoms with Crippen molar-refractivity contribution >= 4 is 53.4 Å². The molecule has 0 aliphatic rings. The first kappa shape index (κ1) is 33.4. The molecule has 0 fully saturated rings. The summed E-state index contributed by atoms with van der Waals surface area (Å²) in [6.07, 6.45) is 0.492. The van der Waals surface area contributed by atoms with Crippen LogP contribution in [-0.4, -0.2) is 99.6 Å². The zero-order valence-electron chi connectivity index (χ0n) is 20.3. The number of carboxylic acids is 3. The van der Waals surface area contributed by atoms with Crippen LogP contribution in [0.4, 0.5) is 0 Å². The topological polar surface area (TPSA) is 290 Å². The van der Waals surface area contributed by atoms with Crippen LogP contribution < -0.4 is 33.2 Å². The van der Waals surface area contributed by atoms with E-state index >= 15 is 0 Å². The molecular weight excluding hydrogens is 514 g/mol. The Bertz CT molecular complexity index is 852. The maximum atomic E-state index is 13.0. The molecule has 0 aromatic heterocycles. The summed E-state index contributed by atoms with van der Waals surface area (Å²) in [4.78, 5) is 75.0. The van der Waals surface area contributed by atoms with Crippen LogP contribution in [0.1, 0.15) is 38.5 Å². The van der Waals surface area contributed by atoms with Crippen molar-refractivity contribution in [1.29, 1.82) is 0 Å². The summed E-state index contributed by atoms with van der Waals surface area (Å²) >= 11 is 1.37. The highest BCUT2D eigenvalue weighted by Gasteiger charge is 2.30. The third-order valence-electron chi connectivity index (χ3n) is 4.81. The number of hydrogen-bond donors (Lipinski definition) is 9. The summed E-state index contributed by atoms with van der Waals surface area (Å²) in [5.74, 6) is -6.35. The summed E-state index contributed by atoms with van der Waals surface area (Å²) in [6.45, 7) is 0.0973. The quantitative estimate of drug-likeness (QED) is 0.0441. The van der Waals surface area contributed by atoms with Crippen LogP contribution in [0.3, 0.4) is 0 Å². The van der Waals surface area contributed by atoms with Crippen LogP contribution in [0.25, 0.3) is 0 Å². The van der Waals surface area contributed by atoms with Gasteiger partial charge in [-0.05, 0) is 37.7 Å². The normalized spacial score (nSPS) is 13.8. The lowest BCUT2D eigenvalue weighted by atomic mass is 10.1. The number of hydrogen-bond acceptors (Lipinski definition) is 9. The van der Waals surface area contributed by atoms with Crippen LogP contribution in [0.15, 0.2) is 4.99 Å². The Morgan fingerprint density at radius 3 is 1.84 bits per heavy atom. The van der Waals surface area contributed by atoms with Gasteiger partial charge in [-0.15, -0.1) is 0 Å². The van der Waals surface area contributed by atoms with E-state index in [1.807, 2.05) is 0 Å². The Kier molecular flexibility index (Phi) is 16.0. The van der Waals surface area contributed by atoms with Gasteiger partial charge in [0.05, 0.1) is 12.5 Å². The van der Waals surface area contributed by atoms with Crippen LogP contribution in [0.2, 0.25) is 0 Å². The average Bonchev–Trinajstić information content (AvgIpc) is 2.79. The fourth-order valence-electron chi connectivity index (χ4n) is 2.91. The lowest BCUT2D eigenvalue weighted by molar-refractivity contribution is -0.143. The molecule has 4 atom stereocenters. The SMILES string of the molecule is CSCCC(NC(=O)C(N)CC(=O)O)C(=O)NC(CCCN=C(N)N)C(=O)NC(CCC(=O)O)C(=O)O. The molecule has 0 heterocycles. The highest BCUT2D eigenvalue weighted by atomic mass is 32.2. The largest absolute Gasteiger partial charge is 0.481 e. The second-order valence-electron chi connectivity index (χ2n) is 7.89. The molecule has 210 valence electrons. The maximum absolute atomic E-state index is 13.0. The number of amides is 3. The molecule has 3 amide bonds. The van der Waals surface area contributed by atoms with Crippen LogP contribution >= 0.6 is 11.8 Å². The monoisotopic (exact) mass is 549 g/mol. The van der Waals surface area contributed by atoms with E-state index in [1.54, 1.807) is 6.26 Å². The molecule has 12 N–H and O–H groups in total. The van der Waals surface area contributed by atoms with Gasteiger partial charge in [-0.1, -0.05) is 0 Å². The summed E-state index contributed by atoms with van der Waals surface area (Å²) in [7, 11) is 0. The van der Waals surface area contributed by atoms with Gasteiger partial charge in [0.1, 0.15) is 18.1 Å². The first-order valence-corrected chi connectivity index (χ1v) is 12.5. The summed E-state index contributed by atoms with van der Waals surface area (Å²) in [5.41, 5.74) is 16.1. The van der Waals surface area contributed by atoms with Gasteiger partial charge in [-0.25, -0.2) is 4.79 Å². The van der Waals surface area contributed by atoms with Gasteiger partial charge >= 0.3 is 17.9 Å². The molecule has 0 rings (SSSR count). The molecule has 16 nitrogen and oxygen atoms in total. The maximum Gasteiger partial charge on any atom is 0.326 e. The van der Waals surface area contributed by atoms with E-state index in [4.69, 9.17) is 27.4 Å². The summed E-state index contributed by atoms with van der Waals surface area (Å²) in [5, 5.41) is 34.0. The van der Waals surface area contributed by atoms with E-state index in [9.17, 15) is 33.9 Å². The van der Waals surface area contributed by atoms with Crippen molar-refractivity contribution in [3.05, 3.63) is 0 Å². The van der Waals surface area contributed by atoms with E-state index in [1.165, 1.54) is 11.8 Å². The Morgan fingerprint density at radius 2 is 1.35 bits per heavy atom. The molecule has 17 heteroatoms. The van der Waals surface area contributed by atoms with Crippen LogP contribution in [0.5, 0.6) is 0 Å². The smallest absolute Gasteiger partial charge is 0.326 e. The third kappa shape index (κ3) is 15.2. The molecule has 0 radical (unpaired) electrons. The molecule has 0 aliphatic carbocycles. The lowest BCUT2D eigenvalue weighted by Gasteiger charge is -2.25. The van der Waals surface area contributed by atoms with Gasteiger partial charge in [0.2, 0.25) is 17.7 Å². The average molecular weight is 550 g/mol. The van der Waals surface area contributed by atoms with Crippen LogP contribution in [-0.2, 0) is 28.8 Å². The number of aliphatic imine (C=N–C) groups is 1. The van der Waals surface area contributed by atoms with E-state index in [0.29, 0.717) is 5.75 Å². The van der Waals surface area contributed by atoms with E-state index in [2.05, 4.69) is 20.9 Å². The molecule has 0 aromatic rings. The van der Waals surface area contributed by atoms with Gasteiger partial charge in [-0.3, -0.25) is 29.0 Å². The van der Waals surface area contributed by atoms with Gasteiger partial charge in [-0.2, -0.15) is 11.8 Å². The zero-order chi connectivity index (χ0) is 28.5. The minimum absolute atomic E-state index is 0.0264. The van der Waals surface area contributed by atoms with Gasteiger partial charge in [0.15, 0.2) is 5.96 Å². The number of nitrogens with one attached hydrogen (secondary N) is 3. The lowest BCUT2D eigenvalue weighted by Crippen LogP contribution is -2.57. The standard InChI is InChI=1S/C20H35N7O9S/c1-37-8-6-12(25-16(32)10(21)9-15(30)31)18(34)26-11(3-2-7-24-20(22)23)17(33)27-13(19(35)36)4-5-14(28)29/h10-13H,2-9,21H2,1H3,(H,25,32)(H,26,34)(H,27,33)(H,28,29)(H,30,31)(H,35,36)(H4,22,23,24). The molecular formula is C20H35N7O9S. The molecule has 0 aromatic carbocycles. The fourth-order valence-corrected chi connectivity index (χ4v) is 3.38. The van der Waals surface area contributed by atoms with Crippen molar-refractivity contribution in [2.24, 2.45) is 22.2 Å². The van der Waals surface area contributed by atoms with Crippen molar-refractivity contribution < 1.29 is 44.1 Å². The Morgan fingerprint density at radius 1 is 0.811 bits per heavy atom. The number of carboxylic acid groups (broad SMARTS) is 3. The van der Waals surface area contributed by atoms with Crippen molar-refractivity contribution in [1.82, 2.24) is 16.0 Å². The van der Waals surface area contributed by atoms with E-state index < -0.39 is 72.6 Å². The minimum atomic E-state index is -1.53. The number of nitrogens with two attached hydrogens (primary N) is 3. The second kappa shape index (κ2) is 17.8. The molecule has 0 saturated heterocycles. The van der Waals surface area contributed by atoms with Crippen molar-refractivity contribution in [3.63, 3.8) is 0 Å². The predicted octanol–water partition coefficient (Wildman–Crippen LogP) is -3.00. The first-order chi connectivity index (χ1) is 17.3. The summed E-state index contributed by atoms with van der Waals surface area (Å²) in [6, 6.07) is -5.39. The summed E-state index contributed by atoms with van der Waals surface area (Å²) < 4.78 is 0.